The Hall–Kier alpha value is -3.46. The number of carbonyl (C=O) groups excluding carboxylic acids is 1. The number of rotatable bonds is 7. The minimum absolute atomic E-state index is 0.0510. The molecule has 3 aromatic rings. The van der Waals surface area contributed by atoms with Gasteiger partial charge in [-0.05, 0) is 63.1 Å². The Balaban J connectivity index is 1.53. The molecule has 1 saturated heterocycles. The third-order valence-electron chi connectivity index (χ3n) is 5.34. The highest BCUT2D eigenvalue weighted by Crippen LogP contribution is 2.34. The van der Waals surface area contributed by atoms with E-state index < -0.39 is 10.8 Å². The molecular formula is C23H24N4O4S. The Bertz CT molecular complexity index is 1140. The Kier molecular flexibility index (Phi) is 6.36. The van der Waals surface area contributed by atoms with Crippen LogP contribution in [0.4, 0.5) is 16.5 Å². The Morgan fingerprint density at radius 3 is 2.59 bits per heavy atom. The van der Waals surface area contributed by atoms with Gasteiger partial charge in [0.25, 0.3) is 11.6 Å². The summed E-state index contributed by atoms with van der Waals surface area (Å²) >= 11 is 1.36. The summed E-state index contributed by atoms with van der Waals surface area (Å²) in [5.41, 5.74) is 2.45. The first-order chi connectivity index (χ1) is 15.5. The van der Waals surface area contributed by atoms with Crippen LogP contribution in [0.3, 0.4) is 0 Å². The number of amides is 1. The highest BCUT2D eigenvalue weighted by Gasteiger charge is 2.24. The molecule has 1 aromatic heterocycles. The minimum Gasteiger partial charge on any atom is -0.494 e. The van der Waals surface area contributed by atoms with Crippen LogP contribution < -0.4 is 15.0 Å². The van der Waals surface area contributed by atoms with Crippen molar-refractivity contribution in [2.75, 3.05) is 29.9 Å². The van der Waals surface area contributed by atoms with Crippen LogP contribution >= 0.6 is 11.3 Å². The van der Waals surface area contributed by atoms with Gasteiger partial charge in [0, 0.05) is 35.2 Å². The predicted molar refractivity (Wildman–Crippen MR) is 126 cm³/mol. The highest BCUT2D eigenvalue weighted by molar-refractivity contribution is 7.16. The number of nitro groups is 1. The van der Waals surface area contributed by atoms with E-state index in [4.69, 9.17) is 4.74 Å². The molecular weight excluding hydrogens is 428 g/mol. The summed E-state index contributed by atoms with van der Waals surface area (Å²) in [5.74, 6) is 0.365. The van der Waals surface area contributed by atoms with Crippen LogP contribution in [0, 0.1) is 17.0 Å². The standard InChI is InChI=1S/C23H24N4O4S/c1-3-31-18-9-6-16(7-10-18)21-15(2)32-23(24-21)25-22(28)17-8-11-19(20(14-17)27(29)30)26-12-4-5-13-26/h6-11,14H,3-5,12-13H2,1-2H3,(H,24,25,28). The first-order valence-electron chi connectivity index (χ1n) is 10.5. The summed E-state index contributed by atoms with van der Waals surface area (Å²) in [5, 5.41) is 14.8. The van der Waals surface area contributed by atoms with Crippen molar-refractivity contribution in [3.8, 4) is 17.0 Å². The van der Waals surface area contributed by atoms with Crippen LogP contribution in [-0.4, -0.2) is 35.5 Å². The van der Waals surface area contributed by atoms with Crippen molar-refractivity contribution in [2.45, 2.75) is 26.7 Å². The van der Waals surface area contributed by atoms with E-state index in [1.165, 1.54) is 17.4 Å². The molecule has 166 valence electrons. The van der Waals surface area contributed by atoms with Crippen molar-refractivity contribution < 1.29 is 14.5 Å². The second kappa shape index (κ2) is 9.35. The topological polar surface area (TPSA) is 97.6 Å². The molecule has 0 aliphatic carbocycles. The van der Waals surface area contributed by atoms with Crippen molar-refractivity contribution in [2.24, 2.45) is 0 Å². The Labute approximate surface area is 190 Å². The average molecular weight is 453 g/mol. The first kappa shape index (κ1) is 21.8. The number of nitrogens with one attached hydrogen (secondary N) is 1. The van der Waals surface area contributed by atoms with Crippen LogP contribution in [0.5, 0.6) is 5.75 Å². The molecule has 0 bridgehead atoms. The first-order valence-corrected chi connectivity index (χ1v) is 11.3. The maximum Gasteiger partial charge on any atom is 0.293 e. The molecule has 1 aliphatic heterocycles. The molecule has 1 amide bonds. The van der Waals surface area contributed by atoms with E-state index in [2.05, 4.69) is 10.3 Å². The molecule has 1 aliphatic rings. The Morgan fingerprint density at radius 1 is 1.22 bits per heavy atom. The van der Waals surface area contributed by atoms with E-state index >= 15 is 0 Å². The van der Waals surface area contributed by atoms with Gasteiger partial charge < -0.3 is 9.64 Å². The maximum atomic E-state index is 12.8. The van der Waals surface area contributed by atoms with Crippen LogP contribution in [0.15, 0.2) is 42.5 Å². The van der Waals surface area contributed by atoms with Gasteiger partial charge in [-0.2, -0.15) is 0 Å². The van der Waals surface area contributed by atoms with Gasteiger partial charge in [-0.3, -0.25) is 20.2 Å². The third kappa shape index (κ3) is 4.57. The van der Waals surface area contributed by atoms with Crippen LogP contribution in [-0.2, 0) is 0 Å². The normalized spacial score (nSPS) is 13.2. The molecule has 32 heavy (non-hydrogen) atoms. The van der Waals surface area contributed by atoms with Gasteiger partial charge in [0.15, 0.2) is 5.13 Å². The lowest BCUT2D eigenvalue weighted by Gasteiger charge is -2.17. The van der Waals surface area contributed by atoms with E-state index in [-0.39, 0.29) is 11.3 Å². The SMILES string of the molecule is CCOc1ccc(-c2nc(NC(=O)c3ccc(N4CCCC4)c([N+](=O)[O-])c3)sc2C)cc1. The smallest absolute Gasteiger partial charge is 0.293 e. The fourth-order valence-corrected chi connectivity index (χ4v) is 4.63. The van der Waals surface area contributed by atoms with Gasteiger partial charge in [-0.1, -0.05) is 0 Å². The Morgan fingerprint density at radius 2 is 1.94 bits per heavy atom. The lowest BCUT2D eigenvalue weighted by molar-refractivity contribution is -0.384. The van der Waals surface area contributed by atoms with Crippen molar-refractivity contribution in [3.63, 3.8) is 0 Å². The number of aromatic nitrogens is 1. The van der Waals surface area contributed by atoms with Crippen molar-refractivity contribution in [3.05, 3.63) is 63.0 Å². The van der Waals surface area contributed by atoms with E-state index in [0.717, 1.165) is 47.8 Å². The lowest BCUT2D eigenvalue weighted by Crippen LogP contribution is -2.19. The molecule has 9 heteroatoms. The number of aryl methyl sites for hydroxylation is 1. The molecule has 1 N–H and O–H groups in total. The van der Waals surface area contributed by atoms with Crippen LogP contribution in [0.2, 0.25) is 0 Å². The van der Waals surface area contributed by atoms with E-state index in [0.29, 0.717) is 17.4 Å². The molecule has 0 radical (unpaired) electrons. The number of nitrogens with zero attached hydrogens (tertiary/aromatic N) is 3. The largest absolute Gasteiger partial charge is 0.494 e. The lowest BCUT2D eigenvalue weighted by atomic mass is 10.1. The average Bonchev–Trinajstić information content (AvgIpc) is 3.44. The summed E-state index contributed by atoms with van der Waals surface area (Å²) in [4.78, 5) is 31.5. The summed E-state index contributed by atoms with van der Waals surface area (Å²) in [6.07, 6.45) is 2.03. The van der Waals surface area contributed by atoms with Crippen LogP contribution in [0.25, 0.3) is 11.3 Å². The van der Waals surface area contributed by atoms with Crippen LogP contribution in [0.1, 0.15) is 35.0 Å². The zero-order valence-corrected chi connectivity index (χ0v) is 18.8. The van der Waals surface area contributed by atoms with Crippen molar-refractivity contribution in [1.82, 2.24) is 4.98 Å². The molecule has 0 spiro atoms. The molecule has 8 nitrogen and oxygen atoms in total. The summed E-state index contributed by atoms with van der Waals surface area (Å²) in [7, 11) is 0. The number of anilines is 2. The van der Waals surface area contributed by atoms with Crippen molar-refractivity contribution in [1.29, 1.82) is 0 Å². The number of hydrogen-bond acceptors (Lipinski definition) is 7. The minimum atomic E-state index is -0.429. The van der Waals surface area contributed by atoms with Gasteiger partial charge in [0.05, 0.1) is 17.2 Å². The highest BCUT2D eigenvalue weighted by atomic mass is 32.1. The quantitative estimate of drug-likeness (QED) is 0.387. The van der Waals surface area contributed by atoms with E-state index in [9.17, 15) is 14.9 Å². The second-order valence-corrected chi connectivity index (χ2v) is 8.69. The molecule has 0 saturated carbocycles. The zero-order chi connectivity index (χ0) is 22.7. The molecule has 1 fully saturated rings. The molecule has 0 unspecified atom stereocenters. The van der Waals surface area contributed by atoms with Gasteiger partial charge in [0.1, 0.15) is 11.4 Å². The number of ether oxygens (including phenoxy) is 1. The van der Waals surface area contributed by atoms with E-state index in [1.807, 2.05) is 43.0 Å². The number of benzene rings is 2. The predicted octanol–water partition coefficient (Wildman–Crippen LogP) is 5.28. The number of hydrogen-bond donors (Lipinski definition) is 1. The molecule has 0 atom stereocenters. The number of thiazole rings is 1. The van der Waals surface area contributed by atoms with Crippen molar-refractivity contribution >= 4 is 33.8 Å². The number of nitro benzene ring substituents is 1. The molecule has 2 aromatic carbocycles. The molecule has 2 heterocycles. The van der Waals surface area contributed by atoms with Gasteiger partial charge >= 0.3 is 0 Å². The van der Waals surface area contributed by atoms with Gasteiger partial charge in [-0.15, -0.1) is 11.3 Å². The van der Waals surface area contributed by atoms with E-state index in [1.54, 1.807) is 12.1 Å². The number of carbonyl (C=O) groups is 1. The fraction of sp³-hybridized carbons (Fsp3) is 0.304. The zero-order valence-electron chi connectivity index (χ0n) is 18.0. The second-order valence-electron chi connectivity index (χ2n) is 7.49. The summed E-state index contributed by atoms with van der Waals surface area (Å²) < 4.78 is 5.48. The van der Waals surface area contributed by atoms with Gasteiger partial charge in [-0.25, -0.2) is 4.98 Å². The molecule has 4 rings (SSSR count). The maximum absolute atomic E-state index is 12.8. The summed E-state index contributed by atoms with van der Waals surface area (Å²) in [6.45, 7) is 6.05. The third-order valence-corrected chi connectivity index (χ3v) is 6.22. The van der Waals surface area contributed by atoms with Gasteiger partial charge in [0.2, 0.25) is 0 Å². The summed E-state index contributed by atoms with van der Waals surface area (Å²) in [6, 6.07) is 12.3. The monoisotopic (exact) mass is 452 g/mol. The fourth-order valence-electron chi connectivity index (χ4n) is 3.80.